The van der Waals surface area contributed by atoms with E-state index in [1.807, 2.05) is 10.6 Å². The largest absolute Gasteiger partial charge is 0.343 e. The lowest BCUT2D eigenvalue weighted by Gasteiger charge is -1.97. The quantitative estimate of drug-likeness (QED) is 0.736. The highest BCUT2D eigenvalue weighted by Gasteiger charge is 2.02. The van der Waals surface area contributed by atoms with Crippen molar-refractivity contribution in [3.63, 3.8) is 0 Å². The van der Waals surface area contributed by atoms with Crippen LogP contribution >= 0.6 is 0 Å². The number of rotatable bonds is 2. The van der Waals surface area contributed by atoms with Crippen LogP contribution in [0.5, 0.6) is 0 Å². The second-order valence-corrected chi connectivity index (χ2v) is 4.24. The van der Waals surface area contributed by atoms with Gasteiger partial charge in [0.25, 0.3) is 0 Å². The topological polar surface area (TPSA) is 37.3 Å². The van der Waals surface area contributed by atoms with Gasteiger partial charge in [-0.3, -0.25) is 4.79 Å². The van der Waals surface area contributed by atoms with Crippen molar-refractivity contribution < 1.29 is 4.39 Å². The number of nitrogens with zero attached hydrogens (tertiary/aromatic N) is 1. The van der Waals surface area contributed by atoms with E-state index in [9.17, 15) is 9.18 Å². The number of hydrogen-bond acceptors (Lipinski definition) is 1. The zero-order chi connectivity index (χ0) is 12.5. The second-order valence-electron chi connectivity index (χ2n) is 4.24. The van der Waals surface area contributed by atoms with Gasteiger partial charge in [0.2, 0.25) is 0 Å². The normalized spacial score (nSPS) is 10.9. The maximum Gasteiger partial charge on any atom is 0.183 e. The fourth-order valence-electron chi connectivity index (χ4n) is 1.98. The third-order valence-corrected chi connectivity index (χ3v) is 2.85. The van der Waals surface area contributed by atoms with Crippen molar-refractivity contribution >= 4 is 5.65 Å². The van der Waals surface area contributed by atoms with Gasteiger partial charge in [-0.1, -0.05) is 12.1 Å². The van der Waals surface area contributed by atoms with Crippen molar-refractivity contribution in [2.75, 3.05) is 0 Å². The van der Waals surface area contributed by atoms with Crippen LogP contribution in [0.4, 0.5) is 4.39 Å². The Morgan fingerprint density at radius 2 is 1.94 bits per heavy atom. The highest BCUT2D eigenvalue weighted by molar-refractivity contribution is 5.40. The lowest BCUT2D eigenvalue weighted by atomic mass is 10.1. The van der Waals surface area contributed by atoms with Crippen molar-refractivity contribution in [3.8, 4) is 0 Å². The Balaban J connectivity index is 1.95. The van der Waals surface area contributed by atoms with Crippen LogP contribution in [-0.2, 0) is 6.42 Å². The molecule has 3 nitrogen and oxygen atoms in total. The minimum atomic E-state index is -0.235. The molecule has 1 aromatic carbocycles. The monoisotopic (exact) mass is 242 g/mol. The van der Waals surface area contributed by atoms with Crippen LogP contribution in [0.2, 0.25) is 0 Å². The summed E-state index contributed by atoms with van der Waals surface area (Å²) in [6, 6.07) is 9.47. The van der Waals surface area contributed by atoms with E-state index in [4.69, 9.17) is 0 Å². The van der Waals surface area contributed by atoms with Gasteiger partial charge in [-0.15, -0.1) is 0 Å². The summed E-state index contributed by atoms with van der Waals surface area (Å²) in [6.45, 7) is 0. The number of pyridine rings is 1. The van der Waals surface area contributed by atoms with Crippen LogP contribution in [0.25, 0.3) is 5.65 Å². The number of benzene rings is 1. The molecular formula is C14H11FN2O. The summed E-state index contributed by atoms with van der Waals surface area (Å²) >= 11 is 0. The van der Waals surface area contributed by atoms with Gasteiger partial charge in [0.15, 0.2) is 5.43 Å². The first-order valence-corrected chi connectivity index (χ1v) is 5.65. The molecule has 2 heterocycles. The Morgan fingerprint density at radius 1 is 1.17 bits per heavy atom. The van der Waals surface area contributed by atoms with Crippen LogP contribution in [0.15, 0.2) is 53.6 Å². The zero-order valence-electron chi connectivity index (χ0n) is 9.56. The van der Waals surface area contributed by atoms with Gasteiger partial charge < -0.3 is 9.38 Å². The molecule has 0 unspecified atom stereocenters. The van der Waals surface area contributed by atoms with E-state index in [2.05, 4.69) is 4.98 Å². The van der Waals surface area contributed by atoms with E-state index < -0.39 is 0 Å². The van der Waals surface area contributed by atoms with Crippen molar-refractivity contribution in [2.24, 2.45) is 0 Å². The Kier molecular flexibility index (Phi) is 2.48. The van der Waals surface area contributed by atoms with E-state index in [0.29, 0.717) is 6.42 Å². The van der Waals surface area contributed by atoms with Gasteiger partial charge in [-0.2, -0.15) is 0 Å². The van der Waals surface area contributed by atoms with E-state index >= 15 is 0 Å². The van der Waals surface area contributed by atoms with Crippen molar-refractivity contribution in [3.05, 3.63) is 76.1 Å². The molecule has 3 aromatic rings. The Morgan fingerprint density at radius 3 is 2.72 bits per heavy atom. The van der Waals surface area contributed by atoms with E-state index in [0.717, 1.165) is 16.9 Å². The molecule has 0 aliphatic rings. The van der Waals surface area contributed by atoms with Crippen molar-refractivity contribution in [1.82, 2.24) is 9.38 Å². The predicted octanol–water partition coefficient (Wildman–Crippen LogP) is 2.36. The summed E-state index contributed by atoms with van der Waals surface area (Å²) in [7, 11) is 0. The standard InChI is InChI=1S/C14H11FN2O/c15-11-3-1-10(2-4-11)7-12-9-17-6-5-13(18)8-14(17)16-12/h1-6,8-9,16H,7H2. The number of imidazole rings is 1. The summed E-state index contributed by atoms with van der Waals surface area (Å²) in [5.41, 5.74) is 2.74. The maximum absolute atomic E-state index is 12.8. The van der Waals surface area contributed by atoms with Gasteiger partial charge >= 0.3 is 0 Å². The minimum absolute atomic E-state index is 0.0230. The lowest BCUT2D eigenvalue weighted by molar-refractivity contribution is 0.627. The first kappa shape index (κ1) is 10.8. The maximum atomic E-state index is 12.8. The van der Waals surface area contributed by atoms with Crippen LogP contribution in [0, 0.1) is 5.82 Å². The number of hydrogen-bond donors (Lipinski definition) is 1. The van der Waals surface area contributed by atoms with Crippen LogP contribution < -0.4 is 5.43 Å². The fourth-order valence-corrected chi connectivity index (χ4v) is 1.98. The summed E-state index contributed by atoms with van der Waals surface area (Å²) < 4.78 is 14.7. The van der Waals surface area contributed by atoms with Crippen molar-refractivity contribution in [2.45, 2.75) is 6.42 Å². The molecule has 0 radical (unpaired) electrons. The van der Waals surface area contributed by atoms with Gasteiger partial charge in [0.05, 0.1) is 0 Å². The van der Waals surface area contributed by atoms with Crippen LogP contribution in [0.3, 0.4) is 0 Å². The third-order valence-electron chi connectivity index (χ3n) is 2.85. The molecule has 4 heteroatoms. The Hall–Kier alpha value is -2.36. The van der Waals surface area contributed by atoms with Gasteiger partial charge in [-0.25, -0.2) is 4.39 Å². The fraction of sp³-hybridized carbons (Fsp3) is 0.0714. The lowest BCUT2D eigenvalue weighted by Crippen LogP contribution is -1.97. The van der Waals surface area contributed by atoms with Gasteiger partial charge in [-0.05, 0) is 17.7 Å². The molecule has 3 rings (SSSR count). The predicted molar refractivity (Wildman–Crippen MR) is 67.2 cm³/mol. The van der Waals surface area contributed by atoms with E-state index in [-0.39, 0.29) is 11.2 Å². The summed E-state index contributed by atoms with van der Waals surface area (Å²) in [4.78, 5) is 14.4. The molecule has 18 heavy (non-hydrogen) atoms. The zero-order valence-corrected chi connectivity index (χ0v) is 9.56. The number of H-pyrrole nitrogens is 1. The number of fused-ring (bicyclic) bond motifs is 1. The van der Waals surface area contributed by atoms with Gasteiger partial charge in [0.1, 0.15) is 11.5 Å². The number of nitrogens with one attached hydrogen (secondary N) is 1. The Bertz CT molecular complexity index is 740. The second kappa shape index (κ2) is 4.14. The number of halogens is 1. The molecule has 0 fully saturated rings. The summed E-state index contributed by atoms with van der Waals surface area (Å²) in [5, 5.41) is 0. The SMILES string of the molecule is O=c1ccn2cc(Cc3ccc(F)cc3)[nH]c2c1. The summed E-state index contributed by atoms with van der Waals surface area (Å²) in [5.74, 6) is -0.235. The smallest absolute Gasteiger partial charge is 0.183 e. The molecule has 1 N–H and O–H groups in total. The highest BCUT2D eigenvalue weighted by atomic mass is 19.1. The summed E-state index contributed by atoms with van der Waals surface area (Å²) in [6.07, 6.45) is 4.33. The molecule has 0 bridgehead atoms. The molecule has 0 saturated heterocycles. The van der Waals surface area contributed by atoms with Crippen LogP contribution in [0.1, 0.15) is 11.3 Å². The average Bonchev–Trinajstić information content (AvgIpc) is 2.73. The van der Waals surface area contributed by atoms with Crippen molar-refractivity contribution in [1.29, 1.82) is 0 Å². The average molecular weight is 242 g/mol. The third kappa shape index (κ3) is 2.05. The molecule has 0 aliphatic heterocycles. The van der Waals surface area contributed by atoms with Gasteiger partial charge in [0, 0.05) is 36.6 Å². The molecule has 2 aromatic heterocycles. The highest BCUT2D eigenvalue weighted by Crippen LogP contribution is 2.10. The molecule has 90 valence electrons. The van der Waals surface area contributed by atoms with E-state index in [1.165, 1.54) is 18.2 Å². The molecule has 0 amide bonds. The Labute approximate surface area is 103 Å². The molecule has 0 saturated carbocycles. The molecular weight excluding hydrogens is 231 g/mol. The first-order valence-electron chi connectivity index (χ1n) is 5.65. The molecule has 0 spiro atoms. The first-order chi connectivity index (χ1) is 8.70. The minimum Gasteiger partial charge on any atom is -0.343 e. The number of aromatic nitrogens is 2. The number of aromatic amines is 1. The molecule has 0 aliphatic carbocycles. The molecule has 0 atom stereocenters. The van der Waals surface area contributed by atoms with E-state index in [1.54, 1.807) is 24.4 Å². The van der Waals surface area contributed by atoms with Crippen LogP contribution in [-0.4, -0.2) is 9.38 Å².